The molecule has 28 heavy (non-hydrogen) atoms. The summed E-state index contributed by atoms with van der Waals surface area (Å²) < 4.78 is 16.3. The Hall–Kier alpha value is -2.12. The topological polar surface area (TPSA) is 98.3 Å². The normalized spacial score (nSPS) is 17.2. The third-order valence-electron chi connectivity index (χ3n) is 5.79. The van der Waals surface area contributed by atoms with Crippen LogP contribution in [0.4, 0.5) is 10.5 Å². The quantitative estimate of drug-likeness (QED) is 0.576. The number of carbonyl (C=O) groups excluding carboxylic acids is 1. The molecule has 0 bridgehead atoms. The molecule has 150 valence electrons. The van der Waals surface area contributed by atoms with E-state index in [9.17, 15) is 9.90 Å². The van der Waals surface area contributed by atoms with Crippen LogP contribution in [0.15, 0.2) is 34.0 Å². The Morgan fingerprint density at radius 3 is 2.71 bits per heavy atom. The molecule has 2 aliphatic carbocycles. The fourth-order valence-corrected chi connectivity index (χ4v) is 4.43. The number of rotatable bonds is 6. The average molecular weight is 402 g/mol. The number of aliphatic hydroxyl groups is 1. The monoisotopic (exact) mass is 401 g/mol. The zero-order valence-electron chi connectivity index (χ0n) is 16.3. The van der Waals surface area contributed by atoms with Gasteiger partial charge >= 0.3 is 6.03 Å². The Kier molecular flexibility index (Phi) is 5.05. The third kappa shape index (κ3) is 3.86. The highest BCUT2D eigenvalue weighted by Crippen LogP contribution is 2.37. The molecule has 2 amide bonds. The van der Waals surface area contributed by atoms with E-state index in [1.165, 1.54) is 42.2 Å². The molecule has 1 aromatic heterocycles. The van der Waals surface area contributed by atoms with Crippen molar-refractivity contribution in [3.63, 3.8) is 0 Å². The van der Waals surface area contributed by atoms with Crippen molar-refractivity contribution < 1.29 is 14.3 Å². The SMILES string of the molecule is CC(C)(O)c1coc([S@](=N)NC(=O)Nc2c(CC3CCC3)ccc3c2CC3)c1. The summed E-state index contributed by atoms with van der Waals surface area (Å²) in [7, 11) is -1.34. The number of hydrogen-bond donors (Lipinski definition) is 4. The Morgan fingerprint density at radius 2 is 2.14 bits per heavy atom. The second-order valence-corrected chi connectivity index (χ2v) is 9.53. The molecule has 0 unspecified atom stereocenters. The number of benzene rings is 1. The van der Waals surface area contributed by atoms with E-state index in [4.69, 9.17) is 9.20 Å². The number of carbonyl (C=O) groups is 1. The average Bonchev–Trinajstić information content (AvgIpc) is 3.04. The molecule has 0 aliphatic heterocycles. The number of aryl methyl sites for hydroxylation is 1. The Balaban J connectivity index is 1.45. The minimum absolute atomic E-state index is 0.322. The molecule has 7 heteroatoms. The van der Waals surface area contributed by atoms with Gasteiger partial charge in [-0.15, -0.1) is 0 Å². The van der Waals surface area contributed by atoms with Gasteiger partial charge in [-0.1, -0.05) is 31.4 Å². The van der Waals surface area contributed by atoms with Crippen LogP contribution >= 0.6 is 0 Å². The van der Waals surface area contributed by atoms with Crippen molar-refractivity contribution in [2.24, 2.45) is 5.92 Å². The molecule has 1 aromatic carbocycles. The van der Waals surface area contributed by atoms with Crippen LogP contribution < -0.4 is 10.0 Å². The van der Waals surface area contributed by atoms with Gasteiger partial charge in [0.15, 0.2) is 5.09 Å². The van der Waals surface area contributed by atoms with Crippen LogP contribution in [0.25, 0.3) is 0 Å². The molecule has 0 radical (unpaired) electrons. The molecule has 1 heterocycles. The van der Waals surface area contributed by atoms with Gasteiger partial charge in [0.05, 0.1) is 22.7 Å². The van der Waals surface area contributed by atoms with Crippen molar-refractivity contribution in [1.82, 2.24) is 4.72 Å². The summed E-state index contributed by atoms with van der Waals surface area (Å²) in [6.07, 6.45) is 8.31. The molecule has 2 aliphatic rings. The molecule has 6 nitrogen and oxygen atoms in total. The van der Waals surface area contributed by atoms with E-state index in [1.54, 1.807) is 19.9 Å². The number of hydrogen-bond acceptors (Lipinski definition) is 4. The first kappa shape index (κ1) is 19.2. The zero-order valence-corrected chi connectivity index (χ0v) is 17.1. The van der Waals surface area contributed by atoms with Crippen LogP contribution in [0.1, 0.15) is 55.4 Å². The number of nitrogens with one attached hydrogen (secondary N) is 3. The lowest BCUT2D eigenvalue weighted by molar-refractivity contribution is 0.0779. The number of furan rings is 1. The van der Waals surface area contributed by atoms with Crippen molar-refractivity contribution in [2.75, 3.05) is 5.32 Å². The smallest absolute Gasteiger partial charge is 0.330 e. The second-order valence-electron chi connectivity index (χ2n) is 8.31. The minimum atomic E-state index is -1.34. The Bertz CT molecular complexity index is 925. The Morgan fingerprint density at radius 1 is 1.36 bits per heavy atom. The van der Waals surface area contributed by atoms with Crippen molar-refractivity contribution in [3.05, 3.63) is 46.7 Å². The first-order chi connectivity index (χ1) is 13.3. The maximum Gasteiger partial charge on any atom is 0.330 e. The van der Waals surface area contributed by atoms with E-state index < -0.39 is 22.5 Å². The molecule has 4 rings (SSSR count). The fraction of sp³-hybridized carbons (Fsp3) is 0.476. The number of anilines is 1. The van der Waals surface area contributed by atoms with Crippen LogP contribution in [0.2, 0.25) is 0 Å². The molecule has 0 saturated heterocycles. The van der Waals surface area contributed by atoms with Crippen LogP contribution in [0, 0.1) is 10.7 Å². The largest absolute Gasteiger partial charge is 0.455 e. The number of urea groups is 1. The highest BCUT2D eigenvalue weighted by molar-refractivity contribution is 7.84. The van der Waals surface area contributed by atoms with E-state index in [2.05, 4.69) is 22.2 Å². The van der Waals surface area contributed by atoms with Gasteiger partial charge in [-0.25, -0.2) is 4.79 Å². The lowest BCUT2D eigenvalue weighted by atomic mass is 9.78. The molecule has 4 N–H and O–H groups in total. The van der Waals surface area contributed by atoms with Gasteiger partial charge in [-0.2, -0.15) is 0 Å². The standard InChI is InChI=1S/C21H27N3O3S/c1-21(2,26)16-11-18(27-12-16)28(22)24-20(25)23-19-15(10-13-4-3-5-13)7-6-14-8-9-17(14)19/h6-7,11-13,26H,3-5,8-10H2,1-2H3,(H3,22,23,24,25)/t28-/m1/s1. The lowest BCUT2D eigenvalue weighted by Gasteiger charge is -2.30. The predicted octanol–water partition coefficient (Wildman–Crippen LogP) is 4.42. The van der Waals surface area contributed by atoms with Crippen LogP contribution in [-0.4, -0.2) is 11.1 Å². The highest BCUT2D eigenvalue weighted by atomic mass is 32.2. The van der Waals surface area contributed by atoms with Crippen LogP contribution in [0.5, 0.6) is 0 Å². The zero-order chi connectivity index (χ0) is 19.9. The van der Waals surface area contributed by atoms with Crippen LogP contribution in [-0.2, 0) is 35.7 Å². The summed E-state index contributed by atoms with van der Waals surface area (Å²) in [6, 6.07) is 5.56. The maximum atomic E-state index is 12.6. The van der Waals surface area contributed by atoms with Crippen molar-refractivity contribution in [3.8, 4) is 0 Å². The van der Waals surface area contributed by atoms with E-state index in [0.717, 1.165) is 30.9 Å². The van der Waals surface area contributed by atoms with Gasteiger partial charge in [0.2, 0.25) is 0 Å². The van der Waals surface area contributed by atoms with Gasteiger partial charge in [-0.05, 0) is 61.8 Å². The first-order valence-electron chi connectivity index (χ1n) is 9.79. The summed E-state index contributed by atoms with van der Waals surface area (Å²) in [4.78, 5) is 12.6. The predicted molar refractivity (Wildman–Crippen MR) is 109 cm³/mol. The van der Waals surface area contributed by atoms with E-state index >= 15 is 0 Å². The van der Waals surface area contributed by atoms with E-state index in [0.29, 0.717) is 10.7 Å². The van der Waals surface area contributed by atoms with Gasteiger partial charge in [0.1, 0.15) is 0 Å². The Labute approximate surface area is 167 Å². The molecule has 0 spiro atoms. The molecular weight excluding hydrogens is 374 g/mol. The summed E-state index contributed by atoms with van der Waals surface area (Å²) >= 11 is 0. The molecule has 2 aromatic rings. The maximum absolute atomic E-state index is 12.6. The number of amides is 2. The summed E-state index contributed by atoms with van der Waals surface area (Å²) in [5.41, 5.74) is 4.21. The third-order valence-corrected chi connectivity index (χ3v) is 6.80. The van der Waals surface area contributed by atoms with Gasteiger partial charge in [-0.3, -0.25) is 9.50 Å². The van der Waals surface area contributed by atoms with Crippen molar-refractivity contribution in [1.29, 1.82) is 4.78 Å². The fourth-order valence-electron chi connectivity index (χ4n) is 3.70. The molecule has 1 saturated carbocycles. The van der Waals surface area contributed by atoms with Gasteiger partial charge in [0.25, 0.3) is 0 Å². The first-order valence-corrected chi connectivity index (χ1v) is 11.0. The van der Waals surface area contributed by atoms with Crippen LogP contribution in [0.3, 0.4) is 0 Å². The van der Waals surface area contributed by atoms with Crippen molar-refractivity contribution >= 4 is 22.6 Å². The highest BCUT2D eigenvalue weighted by Gasteiger charge is 2.25. The van der Waals surface area contributed by atoms with Gasteiger partial charge < -0.3 is 14.8 Å². The van der Waals surface area contributed by atoms with Crippen molar-refractivity contribution in [2.45, 2.75) is 63.1 Å². The van der Waals surface area contributed by atoms with E-state index in [1.807, 2.05) is 0 Å². The number of fused-ring (bicyclic) bond motifs is 1. The minimum Gasteiger partial charge on any atom is -0.455 e. The lowest BCUT2D eigenvalue weighted by Crippen LogP contribution is -2.31. The summed E-state index contributed by atoms with van der Waals surface area (Å²) in [6.45, 7) is 3.31. The molecular formula is C21H27N3O3S. The molecule has 1 fully saturated rings. The second kappa shape index (κ2) is 7.37. The summed E-state index contributed by atoms with van der Waals surface area (Å²) in [5, 5.41) is 13.4. The summed E-state index contributed by atoms with van der Waals surface area (Å²) in [5.74, 6) is 0.718. The molecule has 1 atom stereocenters. The van der Waals surface area contributed by atoms with E-state index in [-0.39, 0.29) is 0 Å². The van der Waals surface area contributed by atoms with Gasteiger partial charge in [0, 0.05) is 11.3 Å².